The van der Waals surface area contributed by atoms with Crippen LogP contribution in [0.4, 0.5) is 4.39 Å². The van der Waals surface area contributed by atoms with Gasteiger partial charge in [-0.1, -0.05) is 26.7 Å². The van der Waals surface area contributed by atoms with Crippen molar-refractivity contribution < 1.29 is 28.2 Å². The lowest BCUT2D eigenvalue weighted by molar-refractivity contribution is -0.164. The van der Waals surface area contributed by atoms with Crippen LogP contribution < -0.4 is 11.2 Å². The molecule has 32 heavy (non-hydrogen) atoms. The van der Waals surface area contributed by atoms with Gasteiger partial charge in [0.15, 0.2) is 0 Å². The van der Waals surface area contributed by atoms with Gasteiger partial charge in [0.25, 0.3) is 5.56 Å². The first kappa shape index (κ1) is 25.5. The van der Waals surface area contributed by atoms with Crippen molar-refractivity contribution in [2.45, 2.75) is 77.1 Å². The summed E-state index contributed by atoms with van der Waals surface area (Å²) in [6, 6.07) is 2.68. The Morgan fingerprint density at radius 2 is 1.88 bits per heavy atom. The highest BCUT2D eigenvalue weighted by Crippen LogP contribution is 2.39. The van der Waals surface area contributed by atoms with Gasteiger partial charge in [-0.15, -0.1) is 5.54 Å². The van der Waals surface area contributed by atoms with Crippen molar-refractivity contribution in [1.82, 2.24) is 9.55 Å². The Balaban J connectivity index is 2.61. The van der Waals surface area contributed by atoms with Crippen molar-refractivity contribution in [1.29, 1.82) is 0 Å². The zero-order valence-electron chi connectivity index (χ0n) is 19.0. The Morgan fingerprint density at radius 1 is 1.25 bits per heavy atom. The van der Waals surface area contributed by atoms with Crippen LogP contribution in [0.1, 0.15) is 47.3 Å². The molecule has 0 amide bonds. The third-order valence-corrected chi connectivity index (χ3v) is 10.6. The number of hydrogen-bond acceptors (Lipinski definition) is 7. The summed E-state index contributed by atoms with van der Waals surface area (Å²) in [5.41, 5.74) is -0.235. The molecule has 1 fully saturated rings. The highest BCUT2D eigenvalue weighted by atomic mass is 28.3. The zero-order valence-corrected chi connectivity index (χ0v) is 20.0. The molecule has 1 aliphatic heterocycles. The van der Waals surface area contributed by atoms with Crippen LogP contribution in [-0.4, -0.2) is 47.9 Å². The molecule has 2 rings (SSSR count). The highest BCUT2D eigenvalue weighted by Gasteiger charge is 2.52. The Bertz CT molecular complexity index is 1030. The van der Waals surface area contributed by atoms with Crippen LogP contribution in [0.3, 0.4) is 0 Å². The number of carbonyl (C=O) groups is 2. The van der Waals surface area contributed by atoms with Gasteiger partial charge in [0, 0.05) is 20.3 Å². The number of aromatic nitrogens is 2. The molecule has 0 spiro atoms. The predicted molar refractivity (Wildman–Crippen MR) is 116 cm³/mol. The number of rotatable bonds is 7. The number of aromatic amines is 1. The molecule has 0 aromatic carbocycles. The van der Waals surface area contributed by atoms with Crippen LogP contribution in [-0.2, 0) is 23.8 Å². The first-order valence-electron chi connectivity index (χ1n) is 10.5. The standard InChI is InChI=1S/C21H29FN2O7Si/c1-6-32(7-2,8-3)10-9-21(13-29-14(4)25)17(30-15(5)26)11-18(31-21)24-12-16(22)19(27)23-20(24)28/h12,17-18H,6-8,11,13H2,1-5H3,(H,23,27,28). The number of carbonyl (C=O) groups excluding carboxylic acids is 2. The quantitative estimate of drug-likeness (QED) is 0.369. The molecule has 1 saturated heterocycles. The molecular weight excluding hydrogens is 439 g/mol. The molecule has 1 N–H and O–H groups in total. The fourth-order valence-electron chi connectivity index (χ4n) is 3.66. The van der Waals surface area contributed by atoms with E-state index >= 15 is 0 Å². The molecule has 0 radical (unpaired) electrons. The maximum absolute atomic E-state index is 13.9. The summed E-state index contributed by atoms with van der Waals surface area (Å²) < 4.78 is 31.5. The van der Waals surface area contributed by atoms with Crippen LogP contribution in [0.5, 0.6) is 0 Å². The van der Waals surface area contributed by atoms with E-state index < -0.39 is 55.0 Å². The van der Waals surface area contributed by atoms with Gasteiger partial charge in [0.2, 0.25) is 11.4 Å². The van der Waals surface area contributed by atoms with E-state index in [4.69, 9.17) is 14.2 Å². The van der Waals surface area contributed by atoms with Gasteiger partial charge in [0.1, 0.15) is 27.0 Å². The topological polar surface area (TPSA) is 117 Å². The summed E-state index contributed by atoms with van der Waals surface area (Å²) in [4.78, 5) is 48.9. The molecule has 1 aromatic heterocycles. The summed E-state index contributed by atoms with van der Waals surface area (Å²) >= 11 is 0. The minimum absolute atomic E-state index is 0.0557. The maximum Gasteiger partial charge on any atom is 0.330 e. The lowest BCUT2D eigenvalue weighted by atomic mass is 9.98. The van der Waals surface area contributed by atoms with E-state index in [1.807, 2.05) is 4.98 Å². The number of nitrogens with one attached hydrogen (secondary N) is 1. The Kier molecular flexibility index (Phi) is 8.20. The van der Waals surface area contributed by atoms with E-state index in [2.05, 4.69) is 32.2 Å². The normalized spacial score (nSPS) is 22.7. The van der Waals surface area contributed by atoms with Crippen molar-refractivity contribution in [3.05, 3.63) is 32.9 Å². The van der Waals surface area contributed by atoms with Crippen LogP contribution >= 0.6 is 0 Å². The fraction of sp³-hybridized carbons (Fsp3) is 0.619. The third kappa shape index (κ3) is 5.55. The van der Waals surface area contributed by atoms with Crippen LogP contribution in [0.15, 0.2) is 15.8 Å². The lowest BCUT2D eigenvalue weighted by Gasteiger charge is -2.29. The summed E-state index contributed by atoms with van der Waals surface area (Å²) in [7, 11) is -1.98. The smallest absolute Gasteiger partial charge is 0.330 e. The molecule has 2 heterocycles. The lowest BCUT2D eigenvalue weighted by Crippen LogP contribution is -2.46. The average molecular weight is 469 g/mol. The molecule has 9 nitrogen and oxygen atoms in total. The molecule has 1 aromatic rings. The second-order valence-electron chi connectivity index (χ2n) is 7.81. The van der Waals surface area contributed by atoms with Crippen molar-refractivity contribution >= 4 is 20.0 Å². The van der Waals surface area contributed by atoms with E-state index in [0.717, 1.165) is 28.9 Å². The van der Waals surface area contributed by atoms with Crippen molar-refractivity contribution in [2.75, 3.05) is 6.61 Å². The minimum atomic E-state index is -1.98. The SMILES string of the molecule is CC[Si](C#CC1(COC(C)=O)OC(n2cc(F)c(=O)[nH]c2=O)CC1OC(C)=O)(CC)CC. The molecule has 3 unspecified atom stereocenters. The summed E-state index contributed by atoms with van der Waals surface area (Å²) in [6.45, 7) is 8.29. The van der Waals surface area contributed by atoms with E-state index in [-0.39, 0.29) is 13.0 Å². The first-order valence-corrected chi connectivity index (χ1v) is 13.2. The molecule has 11 heteroatoms. The summed E-state index contributed by atoms with van der Waals surface area (Å²) in [5.74, 6) is 0.729. The molecular formula is C21H29FN2O7Si. The number of esters is 2. The van der Waals surface area contributed by atoms with Gasteiger partial charge in [-0.2, -0.15) is 4.39 Å². The van der Waals surface area contributed by atoms with Crippen molar-refractivity contribution in [3.63, 3.8) is 0 Å². The number of halogens is 1. The Morgan fingerprint density at radius 3 is 2.41 bits per heavy atom. The largest absolute Gasteiger partial charge is 0.462 e. The second-order valence-corrected chi connectivity index (χ2v) is 12.7. The molecule has 176 valence electrons. The summed E-state index contributed by atoms with van der Waals surface area (Å²) in [6.07, 6.45) is -1.42. The van der Waals surface area contributed by atoms with Gasteiger partial charge in [0.05, 0.1) is 6.20 Å². The van der Waals surface area contributed by atoms with Gasteiger partial charge in [-0.05, 0) is 18.1 Å². The van der Waals surface area contributed by atoms with Gasteiger partial charge in [-0.25, -0.2) is 4.79 Å². The van der Waals surface area contributed by atoms with E-state index in [1.165, 1.54) is 13.8 Å². The summed E-state index contributed by atoms with van der Waals surface area (Å²) in [5, 5.41) is 0. The molecule has 3 atom stereocenters. The van der Waals surface area contributed by atoms with Gasteiger partial charge >= 0.3 is 17.6 Å². The van der Waals surface area contributed by atoms with Crippen LogP contribution in [0.2, 0.25) is 18.1 Å². The van der Waals surface area contributed by atoms with Gasteiger partial charge in [-0.3, -0.25) is 23.9 Å². The van der Waals surface area contributed by atoms with Crippen LogP contribution in [0.25, 0.3) is 0 Å². The third-order valence-electron chi connectivity index (χ3n) is 5.88. The van der Waals surface area contributed by atoms with Crippen LogP contribution in [0, 0.1) is 17.3 Å². The number of ether oxygens (including phenoxy) is 3. The Labute approximate surface area is 186 Å². The monoisotopic (exact) mass is 468 g/mol. The number of H-pyrrole nitrogens is 1. The fourth-order valence-corrected chi connectivity index (χ4v) is 6.17. The molecule has 0 bridgehead atoms. The molecule has 0 aliphatic carbocycles. The Hall–Kier alpha value is -2.71. The predicted octanol–water partition coefficient (Wildman–Crippen LogP) is 1.88. The second kappa shape index (κ2) is 10.3. The van der Waals surface area contributed by atoms with E-state index in [0.29, 0.717) is 0 Å². The van der Waals surface area contributed by atoms with Gasteiger partial charge < -0.3 is 14.2 Å². The van der Waals surface area contributed by atoms with E-state index in [9.17, 15) is 23.6 Å². The molecule has 0 saturated carbocycles. The maximum atomic E-state index is 13.9. The zero-order chi connectivity index (χ0) is 24.1. The minimum Gasteiger partial charge on any atom is -0.462 e. The first-order chi connectivity index (χ1) is 15.0. The number of hydrogen-bond donors (Lipinski definition) is 1. The number of nitrogens with zero attached hydrogens (tertiary/aromatic N) is 1. The highest BCUT2D eigenvalue weighted by molar-refractivity contribution is 6.87. The molecule has 1 aliphatic rings. The van der Waals surface area contributed by atoms with Crippen molar-refractivity contribution in [3.8, 4) is 11.5 Å². The average Bonchev–Trinajstić information content (AvgIpc) is 3.08. The van der Waals surface area contributed by atoms with Crippen molar-refractivity contribution in [2.24, 2.45) is 0 Å². The van der Waals surface area contributed by atoms with E-state index in [1.54, 1.807) is 0 Å².